The topological polar surface area (TPSA) is 27.8 Å². The molecule has 3 rings (SSSR count). The summed E-state index contributed by atoms with van der Waals surface area (Å²) >= 11 is 6.13. The Kier molecular flexibility index (Phi) is 2.62. The number of rotatable bonds is 3. The Labute approximate surface area is 100.0 Å². The van der Waals surface area contributed by atoms with Crippen LogP contribution in [0.4, 0.5) is 0 Å². The summed E-state index contributed by atoms with van der Waals surface area (Å²) in [7, 11) is 0. The standard InChI is InChI=1S/C13H15ClN2/c14-12-5-2-6-13-11(12)7-10(16-13)8-15-9-3-1-4-9/h2,5-7,9,15-16H,1,3-4,8H2. The van der Waals surface area contributed by atoms with Crippen molar-refractivity contribution < 1.29 is 0 Å². The molecule has 1 aliphatic carbocycles. The van der Waals surface area contributed by atoms with Gasteiger partial charge in [-0.2, -0.15) is 0 Å². The van der Waals surface area contributed by atoms with Gasteiger partial charge in [0, 0.05) is 34.2 Å². The van der Waals surface area contributed by atoms with Crippen molar-refractivity contribution in [2.24, 2.45) is 0 Å². The number of aromatic nitrogens is 1. The number of fused-ring (bicyclic) bond motifs is 1. The van der Waals surface area contributed by atoms with E-state index in [1.165, 1.54) is 25.0 Å². The van der Waals surface area contributed by atoms with Crippen molar-refractivity contribution >= 4 is 22.5 Å². The minimum atomic E-state index is 0.724. The lowest BCUT2D eigenvalue weighted by Gasteiger charge is -2.26. The molecular weight excluding hydrogens is 220 g/mol. The van der Waals surface area contributed by atoms with Crippen LogP contribution in [-0.4, -0.2) is 11.0 Å². The number of benzene rings is 1. The molecule has 3 heteroatoms. The van der Waals surface area contributed by atoms with Crippen LogP contribution < -0.4 is 5.32 Å². The highest BCUT2D eigenvalue weighted by Crippen LogP contribution is 2.24. The molecule has 2 nitrogen and oxygen atoms in total. The maximum Gasteiger partial charge on any atom is 0.0499 e. The lowest BCUT2D eigenvalue weighted by molar-refractivity contribution is 0.337. The molecule has 0 amide bonds. The summed E-state index contributed by atoms with van der Waals surface area (Å²) in [4.78, 5) is 3.39. The minimum absolute atomic E-state index is 0.724. The fourth-order valence-corrected chi connectivity index (χ4v) is 2.37. The van der Waals surface area contributed by atoms with Gasteiger partial charge in [-0.1, -0.05) is 24.1 Å². The predicted octanol–water partition coefficient (Wildman–Crippen LogP) is 3.46. The Morgan fingerprint density at radius 2 is 2.25 bits per heavy atom. The van der Waals surface area contributed by atoms with E-state index in [-0.39, 0.29) is 0 Å². The quantitative estimate of drug-likeness (QED) is 0.837. The van der Waals surface area contributed by atoms with Crippen LogP contribution in [0.1, 0.15) is 25.0 Å². The maximum atomic E-state index is 6.13. The van der Waals surface area contributed by atoms with Gasteiger partial charge in [-0.25, -0.2) is 0 Å². The van der Waals surface area contributed by atoms with E-state index >= 15 is 0 Å². The van der Waals surface area contributed by atoms with Crippen LogP contribution in [0.2, 0.25) is 5.02 Å². The normalized spacial score (nSPS) is 16.6. The van der Waals surface area contributed by atoms with E-state index in [0.717, 1.165) is 28.5 Å². The number of nitrogens with one attached hydrogen (secondary N) is 2. The highest BCUT2D eigenvalue weighted by atomic mass is 35.5. The first-order chi connectivity index (χ1) is 7.83. The first-order valence-electron chi connectivity index (χ1n) is 5.82. The van der Waals surface area contributed by atoms with E-state index in [4.69, 9.17) is 11.6 Å². The lowest BCUT2D eigenvalue weighted by atomic mass is 9.93. The SMILES string of the molecule is Clc1cccc2[nH]c(CNC3CCC3)cc12. The third-order valence-electron chi connectivity index (χ3n) is 3.35. The van der Waals surface area contributed by atoms with Crippen LogP contribution in [0.3, 0.4) is 0 Å². The van der Waals surface area contributed by atoms with Gasteiger partial charge in [0.2, 0.25) is 0 Å². The van der Waals surface area contributed by atoms with E-state index in [9.17, 15) is 0 Å². The second-order valence-corrected chi connectivity index (χ2v) is 4.91. The largest absolute Gasteiger partial charge is 0.357 e. The lowest BCUT2D eigenvalue weighted by Crippen LogP contribution is -2.34. The summed E-state index contributed by atoms with van der Waals surface area (Å²) in [5.74, 6) is 0. The number of hydrogen-bond donors (Lipinski definition) is 2. The molecule has 84 valence electrons. The molecule has 1 aromatic heterocycles. The van der Waals surface area contributed by atoms with Gasteiger partial charge >= 0.3 is 0 Å². The van der Waals surface area contributed by atoms with Gasteiger partial charge in [0.1, 0.15) is 0 Å². The van der Waals surface area contributed by atoms with Crippen LogP contribution in [0.5, 0.6) is 0 Å². The molecule has 0 unspecified atom stereocenters. The minimum Gasteiger partial charge on any atom is -0.357 e. The second kappa shape index (κ2) is 4.11. The highest BCUT2D eigenvalue weighted by Gasteiger charge is 2.16. The molecule has 16 heavy (non-hydrogen) atoms. The van der Waals surface area contributed by atoms with E-state index < -0.39 is 0 Å². The van der Waals surface area contributed by atoms with Crippen LogP contribution in [0.15, 0.2) is 24.3 Å². The molecule has 1 fully saturated rings. The van der Waals surface area contributed by atoms with Gasteiger partial charge in [0.05, 0.1) is 0 Å². The monoisotopic (exact) mass is 234 g/mol. The summed E-state index contributed by atoms with van der Waals surface area (Å²) in [6, 6.07) is 8.84. The molecule has 2 N–H and O–H groups in total. The van der Waals surface area contributed by atoms with E-state index in [0.29, 0.717) is 0 Å². The average molecular weight is 235 g/mol. The highest BCUT2D eigenvalue weighted by molar-refractivity contribution is 6.35. The maximum absolute atomic E-state index is 6.13. The van der Waals surface area contributed by atoms with Crippen LogP contribution >= 0.6 is 11.6 Å². The van der Waals surface area contributed by atoms with Gasteiger partial charge in [-0.3, -0.25) is 0 Å². The van der Waals surface area contributed by atoms with Gasteiger partial charge < -0.3 is 10.3 Å². The number of halogens is 1. The summed E-state index contributed by atoms with van der Waals surface area (Å²) in [5.41, 5.74) is 2.34. The van der Waals surface area contributed by atoms with Gasteiger partial charge in [0.15, 0.2) is 0 Å². The molecular formula is C13H15ClN2. The number of hydrogen-bond acceptors (Lipinski definition) is 1. The summed E-state index contributed by atoms with van der Waals surface area (Å²) in [6.45, 7) is 0.912. The van der Waals surface area contributed by atoms with Gasteiger partial charge in [-0.05, 0) is 31.0 Å². The van der Waals surface area contributed by atoms with Crippen molar-refractivity contribution in [1.82, 2.24) is 10.3 Å². The third kappa shape index (κ3) is 1.83. The Bertz CT molecular complexity index is 500. The van der Waals surface area contributed by atoms with Gasteiger partial charge in [0.25, 0.3) is 0 Å². The fourth-order valence-electron chi connectivity index (χ4n) is 2.14. The molecule has 0 saturated heterocycles. The van der Waals surface area contributed by atoms with Crippen molar-refractivity contribution in [1.29, 1.82) is 0 Å². The molecule has 1 aliphatic rings. The number of H-pyrrole nitrogens is 1. The van der Waals surface area contributed by atoms with E-state index in [1.807, 2.05) is 12.1 Å². The molecule has 0 aliphatic heterocycles. The summed E-state index contributed by atoms with van der Waals surface area (Å²) in [5, 5.41) is 5.48. The molecule has 1 heterocycles. The second-order valence-electron chi connectivity index (χ2n) is 4.50. The Morgan fingerprint density at radius 1 is 1.38 bits per heavy atom. The smallest absolute Gasteiger partial charge is 0.0499 e. The summed E-state index contributed by atoms with van der Waals surface area (Å²) < 4.78 is 0. The van der Waals surface area contributed by atoms with E-state index in [1.54, 1.807) is 0 Å². The van der Waals surface area contributed by atoms with Crippen molar-refractivity contribution in [2.75, 3.05) is 0 Å². The Hall–Kier alpha value is -0.990. The Morgan fingerprint density at radius 3 is 2.94 bits per heavy atom. The zero-order chi connectivity index (χ0) is 11.0. The molecule has 0 radical (unpaired) electrons. The molecule has 0 spiro atoms. The molecule has 0 bridgehead atoms. The first kappa shape index (κ1) is 10.2. The third-order valence-corrected chi connectivity index (χ3v) is 3.68. The van der Waals surface area contributed by atoms with E-state index in [2.05, 4.69) is 22.4 Å². The van der Waals surface area contributed by atoms with Crippen LogP contribution in [0.25, 0.3) is 10.9 Å². The average Bonchev–Trinajstić information content (AvgIpc) is 2.60. The predicted molar refractivity (Wildman–Crippen MR) is 67.8 cm³/mol. The molecule has 0 atom stereocenters. The molecule has 1 aromatic carbocycles. The molecule has 1 saturated carbocycles. The summed E-state index contributed by atoms with van der Waals surface area (Å²) in [6.07, 6.45) is 4.01. The Balaban J connectivity index is 1.79. The van der Waals surface area contributed by atoms with Crippen molar-refractivity contribution in [3.63, 3.8) is 0 Å². The first-order valence-corrected chi connectivity index (χ1v) is 6.20. The van der Waals surface area contributed by atoms with Crippen molar-refractivity contribution in [3.05, 3.63) is 35.0 Å². The van der Waals surface area contributed by atoms with Crippen LogP contribution in [0, 0.1) is 0 Å². The number of aromatic amines is 1. The van der Waals surface area contributed by atoms with Crippen molar-refractivity contribution in [2.45, 2.75) is 31.8 Å². The fraction of sp³-hybridized carbons (Fsp3) is 0.385. The molecule has 2 aromatic rings. The van der Waals surface area contributed by atoms with Crippen LogP contribution in [-0.2, 0) is 6.54 Å². The zero-order valence-corrected chi connectivity index (χ0v) is 9.85. The van der Waals surface area contributed by atoms with Crippen molar-refractivity contribution in [3.8, 4) is 0 Å². The van der Waals surface area contributed by atoms with Gasteiger partial charge in [-0.15, -0.1) is 0 Å². The zero-order valence-electron chi connectivity index (χ0n) is 9.09.